The molecular formula is C15H15F5O4. The molecule has 0 aromatic heterocycles. The molecule has 1 aromatic rings. The van der Waals surface area contributed by atoms with Gasteiger partial charge < -0.3 is 9.47 Å². The molecule has 0 heterocycles. The molecule has 0 unspecified atom stereocenters. The largest absolute Gasteiger partial charge is 0.465 e. The first-order chi connectivity index (χ1) is 11.1. The van der Waals surface area contributed by atoms with Crippen LogP contribution in [0.4, 0.5) is 22.0 Å². The van der Waals surface area contributed by atoms with Gasteiger partial charge in [0.15, 0.2) is 23.3 Å². The molecule has 1 rings (SSSR count). The second-order valence-electron chi connectivity index (χ2n) is 5.29. The Hall–Kier alpha value is -2.19. The highest BCUT2D eigenvalue weighted by Crippen LogP contribution is 2.23. The zero-order valence-electron chi connectivity index (χ0n) is 12.9. The van der Waals surface area contributed by atoms with E-state index < -0.39 is 59.6 Å². The van der Waals surface area contributed by atoms with Crippen molar-refractivity contribution in [3.05, 3.63) is 34.6 Å². The van der Waals surface area contributed by atoms with Crippen molar-refractivity contribution in [2.24, 2.45) is 5.92 Å². The highest BCUT2D eigenvalue weighted by molar-refractivity contribution is 5.77. The Kier molecular flexibility index (Phi) is 7.12. The molecule has 0 atom stereocenters. The smallest absolute Gasteiger partial charge is 0.306 e. The lowest BCUT2D eigenvalue weighted by atomic mass is 10.2. The summed E-state index contributed by atoms with van der Waals surface area (Å²) in [6.07, 6.45) is -0.783. The maximum absolute atomic E-state index is 13.4. The first-order valence-electron chi connectivity index (χ1n) is 6.96. The fraction of sp³-hybridized carbons (Fsp3) is 0.467. The summed E-state index contributed by atoms with van der Waals surface area (Å²) in [5, 5.41) is 0. The molecule has 4 nitrogen and oxygen atoms in total. The van der Waals surface area contributed by atoms with Gasteiger partial charge in [-0.25, -0.2) is 22.0 Å². The van der Waals surface area contributed by atoms with E-state index in [0.717, 1.165) is 0 Å². The van der Waals surface area contributed by atoms with Gasteiger partial charge in [-0.3, -0.25) is 9.59 Å². The van der Waals surface area contributed by atoms with Gasteiger partial charge in [-0.1, -0.05) is 13.8 Å². The number of halogens is 5. The first-order valence-corrected chi connectivity index (χ1v) is 6.96. The van der Waals surface area contributed by atoms with Crippen molar-refractivity contribution in [3.8, 4) is 0 Å². The van der Waals surface area contributed by atoms with Crippen LogP contribution in [0.15, 0.2) is 0 Å². The second kappa shape index (κ2) is 8.60. The third kappa shape index (κ3) is 5.17. The predicted octanol–water partition coefficient (Wildman–Crippen LogP) is 3.40. The van der Waals surface area contributed by atoms with Crippen LogP contribution in [0, 0.1) is 35.0 Å². The molecule has 24 heavy (non-hydrogen) atoms. The van der Waals surface area contributed by atoms with Crippen LogP contribution in [-0.2, 0) is 25.7 Å². The van der Waals surface area contributed by atoms with Gasteiger partial charge in [0.25, 0.3) is 0 Å². The molecule has 0 N–H and O–H groups in total. The number of esters is 2. The number of hydrogen-bond donors (Lipinski definition) is 0. The van der Waals surface area contributed by atoms with Gasteiger partial charge >= 0.3 is 11.9 Å². The number of ether oxygens (including phenoxy) is 2. The molecule has 0 aliphatic rings. The lowest BCUT2D eigenvalue weighted by Gasteiger charge is -2.09. The Bertz CT molecular complexity index is 602. The number of carbonyl (C=O) groups excluding carboxylic acids is 2. The van der Waals surface area contributed by atoms with Crippen LogP contribution in [-0.4, -0.2) is 18.5 Å². The standard InChI is InChI=1S/C15H15F5O4/c1-7(2)5-23-9(21)3-4-10(22)24-6-8-11(16)13(18)15(20)14(19)12(8)17/h7H,3-6H2,1-2H3. The van der Waals surface area contributed by atoms with Crippen LogP contribution in [0.5, 0.6) is 0 Å². The van der Waals surface area contributed by atoms with E-state index >= 15 is 0 Å². The summed E-state index contributed by atoms with van der Waals surface area (Å²) in [7, 11) is 0. The van der Waals surface area contributed by atoms with Crippen molar-refractivity contribution >= 4 is 11.9 Å². The van der Waals surface area contributed by atoms with Crippen LogP contribution >= 0.6 is 0 Å². The average Bonchev–Trinajstić information content (AvgIpc) is 2.54. The van der Waals surface area contributed by atoms with E-state index in [1.165, 1.54) is 0 Å². The molecule has 0 fully saturated rings. The number of carbonyl (C=O) groups is 2. The van der Waals surface area contributed by atoms with Gasteiger partial charge in [0.2, 0.25) is 5.82 Å². The molecule has 134 valence electrons. The van der Waals surface area contributed by atoms with Crippen molar-refractivity contribution in [3.63, 3.8) is 0 Å². The normalized spacial score (nSPS) is 10.8. The van der Waals surface area contributed by atoms with E-state index in [2.05, 4.69) is 4.74 Å². The van der Waals surface area contributed by atoms with E-state index in [-0.39, 0.29) is 18.9 Å². The van der Waals surface area contributed by atoms with Gasteiger partial charge in [-0.05, 0) is 5.92 Å². The Morgan fingerprint density at radius 1 is 0.792 bits per heavy atom. The fourth-order valence-electron chi connectivity index (χ4n) is 1.54. The zero-order valence-corrected chi connectivity index (χ0v) is 12.9. The first kappa shape index (κ1) is 19.9. The molecule has 0 amide bonds. The maximum Gasteiger partial charge on any atom is 0.306 e. The highest BCUT2D eigenvalue weighted by Gasteiger charge is 2.26. The van der Waals surface area contributed by atoms with Crippen molar-refractivity contribution in [1.82, 2.24) is 0 Å². The highest BCUT2D eigenvalue weighted by atomic mass is 19.2. The maximum atomic E-state index is 13.4. The molecule has 0 saturated carbocycles. The molecule has 0 spiro atoms. The third-order valence-corrected chi connectivity index (χ3v) is 2.79. The Morgan fingerprint density at radius 2 is 1.21 bits per heavy atom. The van der Waals surface area contributed by atoms with E-state index in [9.17, 15) is 31.5 Å². The molecule has 0 aliphatic carbocycles. The summed E-state index contributed by atoms with van der Waals surface area (Å²) in [6, 6.07) is 0. The number of benzene rings is 1. The Balaban J connectivity index is 2.58. The van der Waals surface area contributed by atoms with Gasteiger partial charge in [-0.2, -0.15) is 0 Å². The quantitative estimate of drug-likeness (QED) is 0.326. The minimum atomic E-state index is -2.30. The number of hydrogen-bond acceptors (Lipinski definition) is 4. The van der Waals surface area contributed by atoms with Crippen molar-refractivity contribution in [2.75, 3.05) is 6.61 Å². The SMILES string of the molecule is CC(C)COC(=O)CCC(=O)OCc1c(F)c(F)c(F)c(F)c1F. The topological polar surface area (TPSA) is 52.6 Å². The van der Waals surface area contributed by atoms with E-state index in [4.69, 9.17) is 4.74 Å². The van der Waals surface area contributed by atoms with E-state index in [1.807, 2.05) is 13.8 Å². The summed E-state index contributed by atoms with van der Waals surface area (Å²) >= 11 is 0. The fourth-order valence-corrected chi connectivity index (χ4v) is 1.54. The molecule has 0 aliphatic heterocycles. The molecule has 1 aromatic carbocycles. The molecule has 0 radical (unpaired) electrons. The van der Waals surface area contributed by atoms with Crippen LogP contribution in [0.25, 0.3) is 0 Å². The van der Waals surface area contributed by atoms with Crippen molar-refractivity contribution < 1.29 is 41.0 Å². The van der Waals surface area contributed by atoms with Crippen molar-refractivity contribution in [1.29, 1.82) is 0 Å². The predicted molar refractivity (Wildman–Crippen MR) is 71.1 cm³/mol. The summed E-state index contributed by atoms with van der Waals surface area (Å²) < 4.78 is 74.7. The molecular weight excluding hydrogens is 339 g/mol. The van der Waals surface area contributed by atoms with Gasteiger partial charge in [0, 0.05) is 0 Å². The number of rotatable bonds is 7. The monoisotopic (exact) mass is 354 g/mol. The molecule has 0 saturated heterocycles. The van der Waals surface area contributed by atoms with Crippen molar-refractivity contribution in [2.45, 2.75) is 33.3 Å². The zero-order chi connectivity index (χ0) is 18.4. The minimum absolute atomic E-state index is 0.107. The van der Waals surface area contributed by atoms with Crippen LogP contribution < -0.4 is 0 Å². The summed E-state index contributed by atoms with van der Waals surface area (Å²) in [6.45, 7) is 2.64. The van der Waals surface area contributed by atoms with Gasteiger partial charge in [-0.15, -0.1) is 0 Å². The second-order valence-corrected chi connectivity index (χ2v) is 5.29. The van der Waals surface area contributed by atoms with Gasteiger partial charge in [0.05, 0.1) is 25.0 Å². The summed E-state index contributed by atoms with van der Waals surface area (Å²) in [4.78, 5) is 22.7. The average molecular weight is 354 g/mol. The Morgan fingerprint density at radius 3 is 1.67 bits per heavy atom. The van der Waals surface area contributed by atoms with Crippen LogP contribution in [0.3, 0.4) is 0 Å². The lowest BCUT2D eigenvalue weighted by molar-refractivity contribution is -0.151. The molecule has 9 heteroatoms. The molecule has 0 bridgehead atoms. The van der Waals surface area contributed by atoms with Crippen LogP contribution in [0.2, 0.25) is 0 Å². The van der Waals surface area contributed by atoms with E-state index in [1.54, 1.807) is 0 Å². The van der Waals surface area contributed by atoms with Crippen LogP contribution in [0.1, 0.15) is 32.3 Å². The Labute approximate surface area is 134 Å². The third-order valence-electron chi connectivity index (χ3n) is 2.79. The minimum Gasteiger partial charge on any atom is -0.465 e. The van der Waals surface area contributed by atoms with E-state index in [0.29, 0.717) is 0 Å². The lowest BCUT2D eigenvalue weighted by Crippen LogP contribution is -2.14. The van der Waals surface area contributed by atoms with Gasteiger partial charge in [0.1, 0.15) is 6.61 Å². The summed E-state index contributed by atoms with van der Waals surface area (Å²) in [5.74, 6) is -12.3. The summed E-state index contributed by atoms with van der Waals surface area (Å²) in [5.41, 5.74) is -1.26.